The van der Waals surface area contributed by atoms with E-state index in [4.69, 9.17) is 5.10 Å². The van der Waals surface area contributed by atoms with Crippen LogP contribution in [-0.2, 0) is 16.1 Å². The zero-order chi connectivity index (χ0) is 20.6. The summed E-state index contributed by atoms with van der Waals surface area (Å²) in [6, 6.07) is 4.00. The van der Waals surface area contributed by atoms with Crippen LogP contribution in [0, 0.1) is 11.3 Å². The van der Waals surface area contributed by atoms with Crippen LogP contribution in [0.3, 0.4) is 0 Å². The summed E-state index contributed by atoms with van der Waals surface area (Å²) in [5.41, 5.74) is 1.50. The molecule has 1 saturated carbocycles. The van der Waals surface area contributed by atoms with Crippen LogP contribution in [0.15, 0.2) is 18.3 Å². The van der Waals surface area contributed by atoms with Crippen molar-refractivity contribution in [3.8, 4) is 0 Å². The Morgan fingerprint density at radius 3 is 2.76 bits per heavy atom. The molecule has 2 aromatic heterocycles. The topological polar surface area (TPSA) is 80.1 Å². The minimum absolute atomic E-state index is 0.151. The predicted octanol–water partition coefficient (Wildman–Crippen LogP) is 2.71. The van der Waals surface area contributed by atoms with E-state index in [0.717, 1.165) is 49.0 Å². The number of nitrogens with zero attached hydrogens (tertiary/aromatic N) is 4. The lowest BCUT2D eigenvalue weighted by Crippen LogP contribution is -2.44. The number of amides is 2. The van der Waals surface area contributed by atoms with Gasteiger partial charge < -0.3 is 10.2 Å². The summed E-state index contributed by atoms with van der Waals surface area (Å²) in [6.45, 7) is 8.60. The summed E-state index contributed by atoms with van der Waals surface area (Å²) in [5.74, 6) is 0.779. The number of likely N-dealkylation sites (tertiary alicyclic amines) is 1. The highest BCUT2D eigenvalue weighted by Crippen LogP contribution is 2.33. The van der Waals surface area contributed by atoms with Crippen molar-refractivity contribution in [2.24, 2.45) is 11.3 Å². The lowest BCUT2D eigenvalue weighted by molar-refractivity contribution is -0.140. The molecule has 1 atom stereocenters. The Labute approximate surface area is 171 Å². The lowest BCUT2D eigenvalue weighted by atomic mass is 9.89. The van der Waals surface area contributed by atoms with E-state index < -0.39 is 0 Å². The van der Waals surface area contributed by atoms with E-state index in [1.807, 2.05) is 36.4 Å². The summed E-state index contributed by atoms with van der Waals surface area (Å²) >= 11 is 0. The number of aromatic nitrogens is 3. The molecule has 0 bridgehead atoms. The molecule has 2 aliphatic rings. The maximum absolute atomic E-state index is 12.8. The van der Waals surface area contributed by atoms with Gasteiger partial charge in [-0.2, -0.15) is 5.10 Å². The van der Waals surface area contributed by atoms with Gasteiger partial charge in [0.1, 0.15) is 0 Å². The number of fused-ring (bicyclic) bond motifs is 1. The van der Waals surface area contributed by atoms with Gasteiger partial charge in [-0.3, -0.25) is 9.59 Å². The Kier molecular flexibility index (Phi) is 5.32. The molecule has 0 spiro atoms. The van der Waals surface area contributed by atoms with Gasteiger partial charge in [0, 0.05) is 48.5 Å². The maximum atomic E-state index is 12.8. The first kappa shape index (κ1) is 19.9. The number of pyridine rings is 1. The Morgan fingerprint density at radius 1 is 1.24 bits per heavy atom. The molecule has 1 aliphatic heterocycles. The molecule has 2 fully saturated rings. The van der Waals surface area contributed by atoms with Crippen molar-refractivity contribution in [3.63, 3.8) is 0 Å². The summed E-state index contributed by atoms with van der Waals surface area (Å²) in [7, 11) is 0. The van der Waals surface area contributed by atoms with Gasteiger partial charge in [-0.15, -0.1) is 0 Å². The summed E-state index contributed by atoms with van der Waals surface area (Å²) in [4.78, 5) is 31.2. The van der Waals surface area contributed by atoms with E-state index in [1.165, 1.54) is 0 Å². The first-order valence-corrected chi connectivity index (χ1v) is 10.7. The second kappa shape index (κ2) is 7.76. The van der Waals surface area contributed by atoms with Crippen molar-refractivity contribution in [1.82, 2.24) is 25.0 Å². The number of rotatable bonds is 5. The van der Waals surface area contributed by atoms with E-state index in [1.54, 1.807) is 6.20 Å². The fourth-order valence-electron chi connectivity index (χ4n) is 4.13. The largest absolute Gasteiger partial charge is 0.354 e. The average Bonchev–Trinajstić information content (AvgIpc) is 3.49. The minimum atomic E-state index is -0.370. The molecule has 4 rings (SSSR count). The molecule has 29 heavy (non-hydrogen) atoms. The normalized spacial score (nSPS) is 20.1. The van der Waals surface area contributed by atoms with Crippen LogP contribution < -0.4 is 5.32 Å². The minimum Gasteiger partial charge on any atom is -0.354 e. The van der Waals surface area contributed by atoms with Crippen molar-refractivity contribution in [2.75, 3.05) is 19.6 Å². The molecule has 1 saturated heterocycles. The highest BCUT2D eigenvalue weighted by molar-refractivity contribution is 5.82. The average molecular weight is 398 g/mol. The predicted molar refractivity (Wildman–Crippen MR) is 111 cm³/mol. The van der Waals surface area contributed by atoms with Crippen molar-refractivity contribution in [3.05, 3.63) is 24.0 Å². The molecular weight excluding hydrogens is 366 g/mol. The number of piperidine rings is 1. The molecule has 7 heteroatoms. The lowest BCUT2D eigenvalue weighted by Gasteiger charge is -2.36. The standard InChI is InChI=1S/C22H31N5O2/c1-22(2,3)21(29)26-12-5-6-16(14-26)18-17-7-4-10-23-19(17)27(25-18)13-11-24-20(28)15-8-9-15/h4,7,10,15-16H,5-6,8-9,11-14H2,1-3H3,(H,24,28)/t16-/m1/s1. The zero-order valence-electron chi connectivity index (χ0n) is 17.6. The summed E-state index contributed by atoms with van der Waals surface area (Å²) < 4.78 is 1.91. The molecule has 0 radical (unpaired) electrons. The second-order valence-corrected chi connectivity index (χ2v) is 9.39. The van der Waals surface area contributed by atoms with Crippen LogP contribution in [0.1, 0.15) is 58.1 Å². The Bertz CT molecular complexity index is 910. The number of carbonyl (C=O) groups excluding carboxylic acids is 2. The number of hydrogen-bond donors (Lipinski definition) is 1. The molecule has 2 aromatic rings. The number of carbonyl (C=O) groups is 2. The van der Waals surface area contributed by atoms with Crippen LogP contribution >= 0.6 is 0 Å². The van der Waals surface area contributed by atoms with Gasteiger partial charge in [0.25, 0.3) is 0 Å². The van der Waals surface area contributed by atoms with Crippen molar-refractivity contribution < 1.29 is 9.59 Å². The van der Waals surface area contributed by atoms with E-state index in [9.17, 15) is 9.59 Å². The van der Waals surface area contributed by atoms with Gasteiger partial charge in [0.05, 0.1) is 12.2 Å². The van der Waals surface area contributed by atoms with Crippen LogP contribution in [0.25, 0.3) is 11.0 Å². The molecule has 1 N–H and O–H groups in total. The third kappa shape index (κ3) is 4.28. The SMILES string of the molecule is CC(C)(C)C(=O)N1CCC[C@@H](c2nn(CCNC(=O)C3CC3)c3ncccc23)C1. The Balaban J connectivity index is 1.52. The number of hydrogen-bond acceptors (Lipinski definition) is 4. The van der Waals surface area contributed by atoms with E-state index in [-0.39, 0.29) is 29.1 Å². The van der Waals surface area contributed by atoms with Gasteiger partial charge in [-0.1, -0.05) is 20.8 Å². The third-order valence-electron chi connectivity index (χ3n) is 5.84. The Morgan fingerprint density at radius 2 is 2.03 bits per heavy atom. The van der Waals surface area contributed by atoms with Gasteiger partial charge in [0.15, 0.2) is 5.65 Å². The fraction of sp³-hybridized carbons (Fsp3) is 0.636. The monoisotopic (exact) mass is 397 g/mol. The highest BCUT2D eigenvalue weighted by atomic mass is 16.2. The molecule has 7 nitrogen and oxygen atoms in total. The fourth-order valence-corrected chi connectivity index (χ4v) is 4.13. The van der Waals surface area contributed by atoms with Crippen LogP contribution in [0.4, 0.5) is 0 Å². The highest BCUT2D eigenvalue weighted by Gasteiger charge is 2.33. The van der Waals surface area contributed by atoms with Gasteiger partial charge in [-0.25, -0.2) is 9.67 Å². The molecule has 3 heterocycles. The molecule has 1 aliphatic carbocycles. The smallest absolute Gasteiger partial charge is 0.227 e. The van der Waals surface area contributed by atoms with Gasteiger partial charge in [-0.05, 0) is 37.8 Å². The number of nitrogens with one attached hydrogen (secondary N) is 1. The van der Waals surface area contributed by atoms with Crippen LogP contribution in [0.5, 0.6) is 0 Å². The quantitative estimate of drug-likeness (QED) is 0.841. The second-order valence-electron chi connectivity index (χ2n) is 9.39. The van der Waals surface area contributed by atoms with E-state index >= 15 is 0 Å². The van der Waals surface area contributed by atoms with Crippen molar-refractivity contribution in [2.45, 2.75) is 58.9 Å². The van der Waals surface area contributed by atoms with Gasteiger partial charge >= 0.3 is 0 Å². The summed E-state index contributed by atoms with van der Waals surface area (Å²) in [5, 5.41) is 8.95. The molecule has 0 aromatic carbocycles. The summed E-state index contributed by atoms with van der Waals surface area (Å²) in [6.07, 6.45) is 5.80. The van der Waals surface area contributed by atoms with Crippen LogP contribution in [-0.4, -0.2) is 51.1 Å². The Hall–Kier alpha value is -2.44. The van der Waals surface area contributed by atoms with E-state index in [2.05, 4.69) is 16.4 Å². The van der Waals surface area contributed by atoms with Crippen molar-refractivity contribution in [1.29, 1.82) is 0 Å². The molecule has 156 valence electrons. The van der Waals surface area contributed by atoms with E-state index in [0.29, 0.717) is 19.6 Å². The molecular formula is C22H31N5O2. The van der Waals surface area contributed by atoms with Crippen LogP contribution in [0.2, 0.25) is 0 Å². The maximum Gasteiger partial charge on any atom is 0.227 e. The molecule has 0 unspecified atom stereocenters. The van der Waals surface area contributed by atoms with Gasteiger partial charge in [0.2, 0.25) is 11.8 Å². The first-order chi connectivity index (χ1) is 13.8. The van der Waals surface area contributed by atoms with Crippen molar-refractivity contribution >= 4 is 22.8 Å². The molecule has 2 amide bonds. The first-order valence-electron chi connectivity index (χ1n) is 10.7. The zero-order valence-corrected chi connectivity index (χ0v) is 17.6. The third-order valence-corrected chi connectivity index (χ3v) is 5.84.